The number of halogens is 1. The Labute approximate surface area is 318 Å². The summed E-state index contributed by atoms with van der Waals surface area (Å²) in [6.07, 6.45) is 5.34. The van der Waals surface area contributed by atoms with E-state index in [0.29, 0.717) is 64.2 Å². The van der Waals surface area contributed by atoms with E-state index in [0.717, 1.165) is 12.8 Å². The fraction of sp³-hybridized carbons (Fsp3) is 0.564. The van der Waals surface area contributed by atoms with Gasteiger partial charge in [0.05, 0.1) is 36.8 Å². The third kappa shape index (κ3) is 7.24. The summed E-state index contributed by atoms with van der Waals surface area (Å²) >= 11 is 6.77. The molecule has 4 fully saturated rings. The van der Waals surface area contributed by atoms with Crippen molar-refractivity contribution in [2.75, 3.05) is 13.7 Å². The lowest BCUT2D eigenvalue weighted by molar-refractivity contribution is -0.146. The normalized spacial score (nSPS) is 27.5. The first-order chi connectivity index (χ1) is 25.6. The van der Waals surface area contributed by atoms with Gasteiger partial charge >= 0.3 is 12.1 Å². The average Bonchev–Trinajstić information content (AvgIpc) is 3.93. The van der Waals surface area contributed by atoms with Gasteiger partial charge in [-0.05, 0) is 67.9 Å². The highest BCUT2D eigenvalue weighted by Gasteiger charge is 2.61. The molecule has 1 saturated heterocycles. The minimum absolute atomic E-state index is 0.0310. The minimum atomic E-state index is -1.41. The van der Waals surface area contributed by atoms with E-state index >= 15 is 0 Å². The molecule has 2 aromatic heterocycles. The second-order valence-electron chi connectivity index (χ2n) is 16.3. The van der Waals surface area contributed by atoms with E-state index in [2.05, 4.69) is 20.6 Å². The quantitative estimate of drug-likeness (QED) is 0.230. The Morgan fingerprint density at radius 1 is 1.04 bits per heavy atom. The van der Waals surface area contributed by atoms with Gasteiger partial charge in [-0.1, -0.05) is 45.7 Å². The van der Waals surface area contributed by atoms with Gasteiger partial charge in [0.2, 0.25) is 11.8 Å². The molecule has 288 valence electrons. The van der Waals surface area contributed by atoms with E-state index < -0.39 is 53.0 Å². The Kier molecular flexibility index (Phi) is 9.86. The molecule has 3 amide bonds. The van der Waals surface area contributed by atoms with Gasteiger partial charge in [0.15, 0.2) is 0 Å². The Balaban J connectivity index is 1.21. The monoisotopic (exact) mass is 762 g/mol. The van der Waals surface area contributed by atoms with E-state index in [4.69, 9.17) is 30.8 Å². The zero-order valence-electron chi connectivity index (χ0n) is 31.3. The number of aliphatic carboxylic acids is 1. The van der Waals surface area contributed by atoms with E-state index in [1.165, 1.54) is 18.4 Å². The minimum Gasteiger partial charge on any atom is -0.495 e. The highest BCUT2D eigenvalue weighted by atomic mass is 35.5. The molecule has 4 aliphatic rings. The second kappa shape index (κ2) is 14.2. The molecular weight excluding hydrogens is 716 g/mol. The number of carbonyl (C=O) groups excluding carboxylic acids is 3. The van der Waals surface area contributed by atoms with E-state index in [1.54, 1.807) is 30.6 Å². The molecule has 1 unspecified atom stereocenters. The lowest BCUT2D eigenvalue weighted by Gasteiger charge is -2.35. The lowest BCUT2D eigenvalue weighted by Crippen LogP contribution is -2.59. The predicted molar refractivity (Wildman–Crippen MR) is 198 cm³/mol. The molecule has 7 rings (SSSR count). The molecule has 0 radical (unpaired) electrons. The molecule has 1 aromatic carbocycles. The van der Waals surface area contributed by atoms with Gasteiger partial charge in [-0.15, -0.1) is 0 Å². The Morgan fingerprint density at radius 3 is 2.41 bits per heavy atom. The molecule has 0 bridgehead atoms. The number of hydrogen-bond donors (Lipinski definition) is 3. The molecule has 14 nitrogen and oxygen atoms in total. The number of carboxylic acids is 1. The van der Waals surface area contributed by atoms with Gasteiger partial charge in [-0.3, -0.25) is 14.6 Å². The van der Waals surface area contributed by atoms with Gasteiger partial charge in [0, 0.05) is 24.1 Å². The van der Waals surface area contributed by atoms with Crippen molar-refractivity contribution in [1.82, 2.24) is 30.5 Å². The smallest absolute Gasteiger partial charge is 0.408 e. The number of nitrogens with one attached hydrogen (secondary N) is 2. The van der Waals surface area contributed by atoms with Crippen molar-refractivity contribution in [3.8, 4) is 22.9 Å². The number of rotatable bonds is 11. The molecule has 15 heteroatoms. The van der Waals surface area contributed by atoms with Crippen LogP contribution in [0.15, 0.2) is 30.6 Å². The fourth-order valence-corrected chi connectivity index (χ4v) is 8.49. The number of methoxy groups -OCH3 is 1. The standard InChI is InChI=1S/C39H47ClN6O8/c1-7-22-15-39(22,36(49)50)45-34(47)28-13-24(18-46(28)35(48)33(38(3,4)5)44-37(51)54-23-11-20-10-21(20)12-23)53-30-14-26(27-17-41-16-19(2)42-27)43-32-25(30)8-9-29(52-6)31(32)40/h8-9,14,16-17,20-24,28,33H,7,10-13,15,18H2,1-6H3,(H,44,51)(H,45,47)(H,49,50)/t20-,21+,22-,23?,24-,28+,33-,39-/m1/s1. The zero-order valence-corrected chi connectivity index (χ0v) is 32.1. The highest BCUT2D eigenvalue weighted by molar-refractivity contribution is 6.36. The van der Waals surface area contributed by atoms with Crippen LogP contribution in [0.3, 0.4) is 0 Å². The van der Waals surface area contributed by atoms with Crippen LogP contribution in [-0.4, -0.2) is 92.3 Å². The summed E-state index contributed by atoms with van der Waals surface area (Å²) in [5.74, 6) is -0.459. The number of carboxylic acid groups (broad SMARTS) is 1. The number of benzene rings is 1. The number of likely N-dealkylation sites (tertiary alicyclic amines) is 1. The average molecular weight is 763 g/mol. The summed E-state index contributed by atoms with van der Waals surface area (Å²) in [5.41, 5.74) is -0.199. The van der Waals surface area contributed by atoms with Crippen LogP contribution in [0.1, 0.15) is 71.9 Å². The SMILES string of the molecule is CC[C@@H]1C[C@]1(NC(=O)[C@@H]1C[C@@H](Oc2cc(-c3cncc(C)n3)nc3c(Cl)c(OC)ccc23)CN1C(=O)[C@@H](NC(=O)OC1C[C@@H]2C[C@@H]2C1)C(C)(C)C)C(=O)O. The first kappa shape index (κ1) is 37.6. The molecule has 1 aliphatic heterocycles. The van der Waals surface area contributed by atoms with Crippen LogP contribution in [0, 0.1) is 30.1 Å². The van der Waals surface area contributed by atoms with Gasteiger partial charge in [-0.2, -0.15) is 0 Å². The number of amides is 3. The first-order valence-corrected chi connectivity index (χ1v) is 19.0. The molecule has 3 aromatic rings. The Morgan fingerprint density at radius 2 is 1.78 bits per heavy atom. The van der Waals surface area contributed by atoms with Crippen molar-refractivity contribution >= 4 is 46.4 Å². The fourth-order valence-electron chi connectivity index (χ4n) is 8.20. The molecular formula is C39H47ClN6O8. The van der Waals surface area contributed by atoms with Crippen LogP contribution in [0.4, 0.5) is 4.79 Å². The molecule has 3 saturated carbocycles. The number of nitrogens with zero attached hydrogens (tertiary/aromatic N) is 4. The maximum absolute atomic E-state index is 14.6. The highest BCUT2D eigenvalue weighted by Crippen LogP contribution is 2.52. The van der Waals surface area contributed by atoms with Crippen molar-refractivity contribution in [3.63, 3.8) is 0 Å². The number of hydrogen-bond acceptors (Lipinski definition) is 10. The maximum atomic E-state index is 14.6. The van der Waals surface area contributed by atoms with E-state index in [-0.39, 0.29) is 30.0 Å². The van der Waals surface area contributed by atoms with Crippen molar-refractivity contribution in [1.29, 1.82) is 0 Å². The summed E-state index contributed by atoms with van der Waals surface area (Å²) in [6.45, 7) is 9.14. The lowest BCUT2D eigenvalue weighted by atomic mass is 9.85. The summed E-state index contributed by atoms with van der Waals surface area (Å²) in [5, 5.41) is 16.5. The largest absolute Gasteiger partial charge is 0.495 e. The molecule has 3 N–H and O–H groups in total. The number of carbonyl (C=O) groups is 4. The Bertz CT molecular complexity index is 2000. The predicted octanol–water partition coefficient (Wildman–Crippen LogP) is 5.32. The number of fused-ring (bicyclic) bond motifs is 2. The Hall–Kier alpha value is -4.72. The first-order valence-electron chi connectivity index (χ1n) is 18.6. The van der Waals surface area contributed by atoms with Gasteiger partial charge in [0.1, 0.15) is 52.0 Å². The topological polar surface area (TPSA) is 182 Å². The van der Waals surface area contributed by atoms with Crippen LogP contribution >= 0.6 is 11.6 Å². The third-order valence-corrected chi connectivity index (χ3v) is 11.8. The number of pyridine rings is 1. The zero-order chi connectivity index (χ0) is 38.7. The van der Waals surface area contributed by atoms with Crippen molar-refractivity contribution in [2.24, 2.45) is 23.2 Å². The summed E-state index contributed by atoms with van der Waals surface area (Å²) in [4.78, 5) is 69.4. The van der Waals surface area contributed by atoms with Gasteiger partial charge in [-0.25, -0.2) is 19.6 Å². The van der Waals surface area contributed by atoms with Gasteiger partial charge < -0.3 is 34.9 Å². The van der Waals surface area contributed by atoms with Crippen LogP contribution in [0.5, 0.6) is 11.5 Å². The van der Waals surface area contributed by atoms with Crippen molar-refractivity contribution in [3.05, 3.63) is 41.3 Å². The van der Waals surface area contributed by atoms with Crippen molar-refractivity contribution in [2.45, 2.75) is 103 Å². The number of ether oxygens (including phenoxy) is 3. The number of aryl methyl sites for hydroxylation is 1. The van der Waals surface area contributed by atoms with Crippen LogP contribution in [-0.2, 0) is 19.1 Å². The maximum Gasteiger partial charge on any atom is 0.408 e. The van der Waals surface area contributed by atoms with Crippen LogP contribution in [0.25, 0.3) is 22.3 Å². The van der Waals surface area contributed by atoms with Crippen molar-refractivity contribution < 1.29 is 38.5 Å². The number of alkyl carbamates (subject to hydrolysis) is 1. The third-order valence-electron chi connectivity index (χ3n) is 11.4. The molecule has 0 spiro atoms. The van der Waals surface area contributed by atoms with Crippen LogP contribution in [0.2, 0.25) is 5.02 Å². The van der Waals surface area contributed by atoms with Gasteiger partial charge in [0.25, 0.3) is 0 Å². The molecule has 3 aliphatic carbocycles. The molecule has 54 heavy (non-hydrogen) atoms. The van der Waals surface area contributed by atoms with E-state index in [9.17, 15) is 24.3 Å². The molecule has 3 heterocycles. The van der Waals surface area contributed by atoms with E-state index in [1.807, 2.05) is 34.6 Å². The number of aromatic nitrogens is 3. The summed E-state index contributed by atoms with van der Waals surface area (Å²) < 4.78 is 17.9. The molecule has 8 atom stereocenters. The second-order valence-corrected chi connectivity index (χ2v) is 16.7. The van der Waals surface area contributed by atoms with Crippen LogP contribution < -0.4 is 20.1 Å². The summed E-state index contributed by atoms with van der Waals surface area (Å²) in [7, 11) is 1.50. The summed E-state index contributed by atoms with van der Waals surface area (Å²) in [6, 6.07) is 3.02.